The van der Waals surface area contributed by atoms with E-state index < -0.39 is 11.6 Å². The lowest BCUT2D eigenvalue weighted by Gasteiger charge is -2.11. The van der Waals surface area contributed by atoms with E-state index in [2.05, 4.69) is 0 Å². The summed E-state index contributed by atoms with van der Waals surface area (Å²) in [6, 6.07) is 11.9. The summed E-state index contributed by atoms with van der Waals surface area (Å²) in [4.78, 5) is 35.9. The van der Waals surface area contributed by atoms with Gasteiger partial charge in [-0.3, -0.25) is 9.59 Å². The maximum absolute atomic E-state index is 12.4. The Morgan fingerprint density at radius 1 is 1.03 bits per heavy atom. The van der Waals surface area contributed by atoms with E-state index in [0.717, 1.165) is 17.4 Å². The standard InChI is InChI=1S/C23H22O6/c1-4-15-5-7-19-18(12-23(26)29-21(19)9-15)13-28-22(25)11-17-10-16(14(2)24)6-8-20(17)27-3/h5-10,12H,4,11,13H2,1-3H3. The van der Waals surface area contributed by atoms with Crippen LogP contribution in [0.25, 0.3) is 11.0 Å². The average Bonchev–Trinajstić information content (AvgIpc) is 2.71. The summed E-state index contributed by atoms with van der Waals surface area (Å²) in [7, 11) is 1.50. The predicted molar refractivity (Wildman–Crippen MR) is 108 cm³/mol. The van der Waals surface area contributed by atoms with Crippen molar-refractivity contribution in [1.29, 1.82) is 0 Å². The Bertz CT molecular complexity index is 1130. The number of esters is 1. The molecule has 0 saturated carbocycles. The number of ketones is 1. The van der Waals surface area contributed by atoms with E-state index in [0.29, 0.717) is 28.0 Å². The van der Waals surface area contributed by atoms with E-state index in [1.54, 1.807) is 18.2 Å². The molecule has 0 aliphatic heterocycles. The van der Waals surface area contributed by atoms with Gasteiger partial charge in [0.05, 0.1) is 13.5 Å². The Labute approximate surface area is 168 Å². The van der Waals surface area contributed by atoms with Crippen molar-refractivity contribution in [2.24, 2.45) is 0 Å². The summed E-state index contributed by atoms with van der Waals surface area (Å²) in [5.74, 6) is -0.0865. The number of Topliss-reactive ketones (excluding diaryl/α,β-unsaturated/α-hetero) is 1. The van der Waals surface area contributed by atoms with E-state index in [4.69, 9.17) is 13.9 Å². The molecule has 0 bridgehead atoms. The van der Waals surface area contributed by atoms with Crippen LogP contribution in [-0.4, -0.2) is 18.9 Å². The molecule has 0 radical (unpaired) electrons. The van der Waals surface area contributed by atoms with Crippen LogP contribution in [0.4, 0.5) is 0 Å². The summed E-state index contributed by atoms with van der Waals surface area (Å²) in [6.45, 7) is 3.42. The van der Waals surface area contributed by atoms with Gasteiger partial charge in [0.15, 0.2) is 5.78 Å². The van der Waals surface area contributed by atoms with Crippen LogP contribution < -0.4 is 10.4 Å². The van der Waals surface area contributed by atoms with Gasteiger partial charge in [0.2, 0.25) is 0 Å². The molecule has 0 amide bonds. The first kappa shape index (κ1) is 20.3. The molecule has 1 aromatic heterocycles. The highest BCUT2D eigenvalue weighted by atomic mass is 16.5. The van der Waals surface area contributed by atoms with Crippen molar-refractivity contribution in [1.82, 2.24) is 0 Å². The first-order valence-corrected chi connectivity index (χ1v) is 9.30. The Morgan fingerprint density at radius 3 is 2.52 bits per heavy atom. The third-order valence-electron chi connectivity index (χ3n) is 4.71. The van der Waals surface area contributed by atoms with Crippen molar-refractivity contribution in [2.45, 2.75) is 33.3 Å². The molecule has 0 aliphatic rings. The van der Waals surface area contributed by atoms with Crippen LogP contribution in [0.2, 0.25) is 0 Å². The Kier molecular flexibility index (Phi) is 6.12. The molecule has 6 nitrogen and oxygen atoms in total. The molecule has 0 spiro atoms. The summed E-state index contributed by atoms with van der Waals surface area (Å²) in [5, 5.41) is 0.728. The van der Waals surface area contributed by atoms with Gasteiger partial charge in [-0.25, -0.2) is 4.79 Å². The summed E-state index contributed by atoms with van der Waals surface area (Å²) in [5.41, 5.74) is 2.66. The lowest BCUT2D eigenvalue weighted by molar-refractivity contribution is -0.144. The second kappa shape index (κ2) is 8.73. The molecule has 0 unspecified atom stereocenters. The van der Waals surface area contributed by atoms with E-state index in [9.17, 15) is 14.4 Å². The van der Waals surface area contributed by atoms with Crippen LogP contribution in [0.3, 0.4) is 0 Å². The molecule has 3 rings (SSSR count). The molecule has 29 heavy (non-hydrogen) atoms. The van der Waals surface area contributed by atoms with E-state index >= 15 is 0 Å². The van der Waals surface area contributed by atoms with Crippen molar-refractivity contribution in [3.8, 4) is 5.75 Å². The fourth-order valence-electron chi connectivity index (χ4n) is 3.11. The fourth-order valence-corrected chi connectivity index (χ4v) is 3.11. The maximum Gasteiger partial charge on any atom is 0.336 e. The second-order valence-corrected chi connectivity index (χ2v) is 6.70. The van der Waals surface area contributed by atoms with Crippen molar-refractivity contribution in [3.05, 3.63) is 75.1 Å². The van der Waals surface area contributed by atoms with Crippen LogP contribution in [0, 0.1) is 0 Å². The molecule has 150 valence electrons. The molecule has 3 aromatic rings. The number of rotatable bonds is 7. The first-order chi connectivity index (χ1) is 13.9. The third kappa shape index (κ3) is 4.71. The number of benzene rings is 2. The van der Waals surface area contributed by atoms with Gasteiger partial charge in [0.1, 0.15) is 17.9 Å². The molecular weight excluding hydrogens is 372 g/mol. The first-order valence-electron chi connectivity index (χ1n) is 9.30. The largest absolute Gasteiger partial charge is 0.496 e. The smallest absolute Gasteiger partial charge is 0.336 e. The molecule has 0 N–H and O–H groups in total. The topological polar surface area (TPSA) is 82.8 Å². The lowest BCUT2D eigenvalue weighted by atomic mass is 10.0. The molecule has 1 heterocycles. The van der Waals surface area contributed by atoms with Crippen LogP contribution >= 0.6 is 0 Å². The normalized spacial score (nSPS) is 10.7. The van der Waals surface area contributed by atoms with E-state index in [1.807, 2.05) is 25.1 Å². The van der Waals surface area contributed by atoms with E-state index in [1.165, 1.54) is 20.1 Å². The Hall–Kier alpha value is -3.41. The van der Waals surface area contributed by atoms with Crippen molar-refractivity contribution < 1.29 is 23.5 Å². The highest BCUT2D eigenvalue weighted by molar-refractivity contribution is 5.94. The molecule has 2 aromatic carbocycles. The number of fused-ring (bicyclic) bond motifs is 1. The number of carbonyl (C=O) groups is 2. The van der Waals surface area contributed by atoms with Crippen LogP contribution in [-0.2, 0) is 29.0 Å². The average molecular weight is 394 g/mol. The maximum atomic E-state index is 12.4. The van der Waals surface area contributed by atoms with Gasteiger partial charge in [0, 0.05) is 28.1 Å². The second-order valence-electron chi connectivity index (χ2n) is 6.70. The molecule has 0 fully saturated rings. The zero-order valence-corrected chi connectivity index (χ0v) is 16.6. The van der Waals surface area contributed by atoms with Gasteiger partial charge in [-0.2, -0.15) is 0 Å². The minimum Gasteiger partial charge on any atom is -0.496 e. The Morgan fingerprint density at radius 2 is 1.83 bits per heavy atom. The summed E-state index contributed by atoms with van der Waals surface area (Å²) >= 11 is 0. The van der Waals surface area contributed by atoms with Crippen molar-refractivity contribution in [3.63, 3.8) is 0 Å². The highest BCUT2D eigenvalue weighted by Crippen LogP contribution is 2.23. The molecule has 0 saturated heterocycles. The minimum atomic E-state index is -0.493. The quantitative estimate of drug-likeness (QED) is 0.344. The Balaban J connectivity index is 1.79. The van der Waals surface area contributed by atoms with Gasteiger partial charge in [-0.1, -0.05) is 19.1 Å². The SMILES string of the molecule is CCc1ccc2c(COC(=O)Cc3cc(C(C)=O)ccc3OC)cc(=O)oc2c1. The molecule has 0 atom stereocenters. The summed E-state index contributed by atoms with van der Waals surface area (Å²) < 4.78 is 15.9. The fraction of sp³-hybridized carbons (Fsp3) is 0.261. The van der Waals surface area contributed by atoms with Gasteiger partial charge in [-0.05, 0) is 43.2 Å². The van der Waals surface area contributed by atoms with Crippen LogP contribution in [0.1, 0.15) is 40.9 Å². The number of hydrogen-bond donors (Lipinski definition) is 0. The zero-order valence-electron chi connectivity index (χ0n) is 16.6. The van der Waals surface area contributed by atoms with Gasteiger partial charge in [0.25, 0.3) is 0 Å². The van der Waals surface area contributed by atoms with Crippen molar-refractivity contribution >= 4 is 22.7 Å². The van der Waals surface area contributed by atoms with Crippen LogP contribution in [0.5, 0.6) is 5.75 Å². The van der Waals surface area contributed by atoms with E-state index in [-0.39, 0.29) is 18.8 Å². The van der Waals surface area contributed by atoms with Crippen LogP contribution in [0.15, 0.2) is 51.7 Å². The molecule has 6 heteroatoms. The highest BCUT2D eigenvalue weighted by Gasteiger charge is 2.14. The lowest BCUT2D eigenvalue weighted by Crippen LogP contribution is -2.11. The van der Waals surface area contributed by atoms with Gasteiger partial charge in [-0.15, -0.1) is 0 Å². The van der Waals surface area contributed by atoms with Gasteiger partial charge >= 0.3 is 11.6 Å². The number of carbonyl (C=O) groups excluding carboxylic acids is 2. The number of hydrogen-bond acceptors (Lipinski definition) is 6. The predicted octanol–water partition coefficient (Wildman–Crippen LogP) is 3.85. The van der Waals surface area contributed by atoms with Crippen molar-refractivity contribution in [2.75, 3.05) is 7.11 Å². The molecular formula is C23H22O6. The molecule has 0 aliphatic carbocycles. The monoisotopic (exact) mass is 394 g/mol. The number of methoxy groups -OCH3 is 1. The minimum absolute atomic E-state index is 0.0519. The van der Waals surface area contributed by atoms with Gasteiger partial charge < -0.3 is 13.9 Å². The number of ether oxygens (including phenoxy) is 2. The third-order valence-corrected chi connectivity index (χ3v) is 4.71. The zero-order chi connectivity index (χ0) is 21.0. The summed E-state index contributed by atoms with van der Waals surface area (Å²) in [6.07, 6.45) is 0.768. The number of aryl methyl sites for hydroxylation is 1.